The van der Waals surface area contributed by atoms with Crippen molar-refractivity contribution in [3.05, 3.63) is 24.3 Å². The van der Waals surface area contributed by atoms with Gasteiger partial charge in [0, 0.05) is 31.4 Å². The van der Waals surface area contributed by atoms with Gasteiger partial charge in [-0.3, -0.25) is 19.3 Å². The standard InChI is InChI=1S/C20H30N4O3/c1-4-23(15(2)20(27)24-12-6-5-7-13-24)14-19(26)22-18-10-8-17(9-11-18)21-16(3)25/h8-11,15H,4-7,12-14H2,1-3H3,(H,21,25)(H,22,26). The molecular formula is C20H30N4O3. The molecule has 1 aromatic rings. The van der Waals surface area contributed by atoms with Gasteiger partial charge in [0.05, 0.1) is 12.6 Å². The SMILES string of the molecule is CCN(CC(=O)Nc1ccc(NC(C)=O)cc1)C(C)C(=O)N1CCCCC1. The number of amides is 3. The third-order valence-electron chi connectivity index (χ3n) is 4.81. The quantitative estimate of drug-likeness (QED) is 0.767. The number of hydrogen-bond donors (Lipinski definition) is 2. The van der Waals surface area contributed by atoms with E-state index in [1.165, 1.54) is 13.3 Å². The smallest absolute Gasteiger partial charge is 0.239 e. The molecule has 7 heteroatoms. The highest BCUT2D eigenvalue weighted by Gasteiger charge is 2.27. The normalized spacial score (nSPS) is 15.3. The highest BCUT2D eigenvalue weighted by Crippen LogP contribution is 2.15. The molecule has 3 amide bonds. The van der Waals surface area contributed by atoms with Gasteiger partial charge >= 0.3 is 0 Å². The van der Waals surface area contributed by atoms with E-state index in [1.54, 1.807) is 24.3 Å². The Labute approximate surface area is 161 Å². The second-order valence-corrected chi connectivity index (χ2v) is 6.93. The van der Waals surface area contributed by atoms with Gasteiger partial charge in [0.25, 0.3) is 0 Å². The summed E-state index contributed by atoms with van der Waals surface area (Å²) in [6, 6.07) is 6.62. The van der Waals surface area contributed by atoms with Crippen LogP contribution in [0.15, 0.2) is 24.3 Å². The van der Waals surface area contributed by atoms with E-state index in [2.05, 4.69) is 10.6 Å². The van der Waals surface area contributed by atoms with Crippen molar-refractivity contribution in [1.82, 2.24) is 9.80 Å². The maximum absolute atomic E-state index is 12.7. The van der Waals surface area contributed by atoms with Crippen molar-refractivity contribution in [1.29, 1.82) is 0 Å². The predicted octanol–water partition coefficient (Wildman–Crippen LogP) is 2.31. The van der Waals surface area contributed by atoms with Crippen LogP contribution in [-0.4, -0.2) is 59.7 Å². The van der Waals surface area contributed by atoms with Gasteiger partial charge in [-0.05, 0) is 57.0 Å². The molecule has 148 valence electrons. The van der Waals surface area contributed by atoms with E-state index in [1.807, 2.05) is 23.6 Å². The van der Waals surface area contributed by atoms with Crippen LogP contribution in [0.1, 0.15) is 40.0 Å². The lowest BCUT2D eigenvalue weighted by Gasteiger charge is -2.33. The number of rotatable bonds is 7. The summed E-state index contributed by atoms with van der Waals surface area (Å²) in [5, 5.41) is 5.53. The summed E-state index contributed by atoms with van der Waals surface area (Å²) in [4.78, 5) is 39.9. The number of hydrogen-bond acceptors (Lipinski definition) is 4. The fourth-order valence-electron chi connectivity index (χ4n) is 3.28. The monoisotopic (exact) mass is 374 g/mol. The fourth-order valence-corrected chi connectivity index (χ4v) is 3.28. The molecule has 0 saturated carbocycles. The molecule has 0 aliphatic carbocycles. The van der Waals surface area contributed by atoms with E-state index in [0.29, 0.717) is 17.9 Å². The third-order valence-corrected chi connectivity index (χ3v) is 4.81. The van der Waals surface area contributed by atoms with E-state index >= 15 is 0 Å². The Bertz CT molecular complexity index is 654. The van der Waals surface area contributed by atoms with Gasteiger partial charge < -0.3 is 15.5 Å². The Kier molecular flexibility index (Phi) is 7.79. The maximum atomic E-state index is 12.7. The van der Waals surface area contributed by atoms with Crippen molar-refractivity contribution in [2.45, 2.75) is 46.1 Å². The first-order valence-corrected chi connectivity index (χ1v) is 9.61. The van der Waals surface area contributed by atoms with Crippen LogP contribution >= 0.6 is 0 Å². The number of nitrogens with one attached hydrogen (secondary N) is 2. The zero-order chi connectivity index (χ0) is 19.8. The minimum Gasteiger partial charge on any atom is -0.341 e. The molecule has 0 aromatic heterocycles. The zero-order valence-electron chi connectivity index (χ0n) is 16.5. The highest BCUT2D eigenvalue weighted by molar-refractivity contribution is 5.93. The van der Waals surface area contributed by atoms with Gasteiger partial charge in [0.15, 0.2) is 0 Å². The largest absolute Gasteiger partial charge is 0.341 e. The Balaban J connectivity index is 1.89. The lowest BCUT2D eigenvalue weighted by Crippen LogP contribution is -2.50. The van der Waals surface area contributed by atoms with Gasteiger partial charge in [-0.25, -0.2) is 0 Å². The van der Waals surface area contributed by atoms with Crippen molar-refractivity contribution in [2.24, 2.45) is 0 Å². The van der Waals surface area contributed by atoms with Gasteiger partial charge in [0.1, 0.15) is 0 Å². The predicted molar refractivity (Wildman–Crippen MR) is 107 cm³/mol. The van der Waals surface area contributed by atoms with E-state index in [4.69, 9.17) is 0 Å². The molecule has 1 heterocycles. The lowest BCUT2D eigenvalue weighted by molar-refractivity contribution is -0.137. The molecule has 0 bridgehead atoms. The van der Waals surface area contributed by atoms with Gasteiger partial charge in [-0.1, -0.05) is 6.92 Å². The van der Waals surface area contributed by atoms with E-state index in [0.717, 1.165) is 25.9 Å². The van der Waals surface area contributed by atoms with E-state index in [9.17, 15) is 14.4 Å². The van der Waals surface area contributed by atoms with Crippen molar-refractivity contribution in [2.75, 3.05) is 36.8 Å². The molecule has 1 saturated heterocycles. The Hall–Kier alpha value is -2.41. The van der Waals surface area contributed by atoms with Gasteiger partial charge in [0.2, 0.25) is 17.7 Å². The van der Waals surface area contributed by atoms with Crippen molar-refractivity contribution >= 4 is 29.1 Å². The van der Waals surface area contributed by atoms with Crippen molar-refractivity contribution < 1.29 is 14.4 Å². The average molecular weight is 374 g/mol. The second kappa shape index (κ2) is 10.1. The van der Waals surface area contributed by atoms with Crippen LogP contribution in [0.5, 0.6) is 0 Å². The Morgan fingerprint density at radius 1 is 1.04 bits per heavy atom. The summed E-state index contributed by atoms with van der Waals surface area (Å²) in [6.45, 7) is 7.67. The average Bonchev–Trinajstić information content (AvgIpc) is 2.67. The molecule has 0 spiro atoms. The number of piperidine rings is 1. The summed E-state index contributed by atoms with van der Waals surface area (Å²) in [5.74, 6) is -0.204. The second-order valence-electron chi connectivity index (χ2n) is 6.93. The molecule has 1 atom stereocenters. The van der Waals surface area contributed by atoms with E-state index in [-0.39, 0.29) is 30.3 Å². The van der Waals surface area contributed by atoms with Gasteiger partial charge in [-0.15, -0.1) is 0 Å². The number of likely N-dealkylation sites (tertiary alicyclic amines) is 1. The van der Waals surface area contributed by atoms with Crippen LogP contribution in [0.2, 0.25) is 0 Å². The molecule has 0 radical (unpaired) electrons. The van der Waals surface area contributed by atoms with Crippen LogP contribution in [0.4, 0.5) is 11.4 Å². The molecule has 1 aliphatic heterocycles. The molecule has 7 nitrogen and oxygen atoms in total. The van der Waals surface area contributed by atoms with Crippen molar-refractivity contribution in [3.63, 3.8) is 0 Å². The number of anilines is 2. The lowest BCUT2D eigenvalue weighted by atomic mass is 10.1. The number of benzene rings is 1. The fraction of sp³-hybridized carbons (Fsp3) is 0.550. The van der Waals surface area contributed by atoms with Crippen LogP contribution in [0.25, 0.3) is 0 Å². The number of carbonyl (C=O) groups is 3. The summed E-state index contributed by atoms with van der Waals surface area (Å²) < 4.78 is 0. The van der Waals surface area contributed by atoms with Crippen LogP contribution in [-0.2, 0) is 14.4 Å². The molecule has 1 aromatic carbocycles. The van der Waals surface area contributed by atoms with Crippen LogP contribution in [0, 0.1) is 0 Å². The van der Waals surface area contributed by atoms with E-state index < -0.39 is 0 Å². The topological polar surface area (TPSA) is 81.8 Å². The third kappa shape index (κ3) is 6.36. The first-order chi connectivity index (χ1) is 12.9. The number of likely N-dealkylation sites (N-methyl/N-ethyl adjacent to an activating group) is 1. The first-order valence-electron chi connectivity index (χ1n) is 9.61. The first kappa shape index (κ1) is 20.9. The minimum atomic E-state index is -0.319. The minimum absolute atomic E-state index is 0.101. The zero-order valence-corrected chi connectivity index (χ0v) is 16.5. The van der Waals surface area contributed by atoms with Crippen molar-refractivity contribution in [3.8, 4) is 0 Å². The molecule has 27 heavy (non-hydrogen) atoms. The molecule has 1 unspecified atom stereocenters. The van der Waals surface area contributed by atoms with Crippen LogP contribution in [0.3, 0.4) is 0 Å². The highest BCUT2D eigenvalue weighted by atomic mass is 16.2. The molecule has 1 fully saturated rings. The molecular weight excluding hydrogens is 344 g/mol. The maximum Gasteiger partial charge on any atom is 0.239 e. The molecule has 2 rings (SSSR count). The summed E-state index contributed by atoms with van der Waals surface area (Å²) in [5.41, 5.74) is 1.33. The van der Waals surface area contributed by atoms with Gasteiger partial charge in [-0.2, -0.15) is 0 Å². The molecule has 2 N–H and O–H groups in total. The van der Waals surface area contributed by atoms with Crippen LogP contribution < -0.4 is 10.6 Å². The Morgan fingerprint density at radius 2 is 1.59 bits per heavy atom. The number of carbonyl (C=O) groups excluding carboxylic acids is 3. The molecule has 1 aliphatic rings. The summed E-state index contributed by atoms with van der Waals surface area (Å²) >= 11 is 0. The number of nitrogens with zero attached hydrogens (tertiary/aromatic N) is 2. The Morgan fingerprint density at radius 3 is 2.11 bits per heavy atom. The summed E-state index contributed by atoms with van der Waals surface area (Å²) in [6.07, 6.45) is 3.29. The summed E-state index contributed by atoms with van der Waals surface area (Å²) in [7, 11) is 0.